The summed E-state index contributed by atoms with van der Waals surface area (Å²) in [7, 11) is -4.19. The minimum absolute atomic E-state index is 0.127. The Morgan fingerprint density at radius 2 is 2.09 bits per heavy atom. The van der Waals surface area contributed by atoms with Crippen molar-refractivity contribution in [3.63, 3.8) is 0 Å². The summed E-state index contributed by atoms with van der Waals surface area (Å²) in [4.78, 5) is 22.8. The third-order valence-electron chi connectivity index (χ3n) is 5.70. The lowest BCUT2D eigenvalue weighted by Crippen LogP contribution is -2.40. The molecule has 1 fully saturated rings. The number of anilines is 1. The van der Waals surface area contributed by atoms with Gasteiger partial charge < -0.3 is 19.8 Å². The lowest BCUT2D eigenvalue weighted by Gasteiger charge is -2.33. The molecule has 10 heteroatoms. The second kappa shape index (κ2) is 8.51. The number of nitrogens with two attached hydrogens (primary N) is 1. The molecule has 1 saturated heterocycles. The standard InChI is InChI=1S/C23H26N4O5S/c1-15-11-23(2,3)27(12-15)22-20(21(24)28)17(7-9-25-22)33(29,30)19-6-4-5-18(26-19)32-14-16-8-10-31-13-16/h4-10,13,15H,11-12,14H2,1-3H3,(H2,24,28). The molecule has 3 aromatic heterocycles. The third kappa shape index (κ3) is 4.43. The number of carbonyl (C=O) groups excluding carboxylic acids is 1. The van der Waals surface area contributed by atoms with Crippen LogP contribution in [0.4, 0.5) is 5.82 Å². The van der Waals surface area contributed by atoms with Crippen LogP contribution in [0.15, 0.2) is 63.4 Å². The van der Waals surface area contributed by atoms with Gasteiger partial charge in [-0.15, -0.1) is 0 Å². The summed E-state index contributed by atoms with van der Waals surface area (Å²) in [6.45, 7) is 6.98. The van der Waals surface area contributed by atoms with Gasteiger partial charge in [-0.25, -0.2) is 18.4 Å². The molecule has 1 amide bonds. The Kier molecular flexibility index (Phi) is 5.87. The Hall–Kier alpha value is -3.40. The van der Waals surface area contributed by atoms with Crippen LogP contribution in [-0.2, 0) is 16.4 Å². The number of hydrogen-bond acceptors (Lipinski definition) is 8. The maximum Gasteiger partial charge on any atom is 0.253 e. The smallest absolute Gasteiger partial charge is 0.253 e. The van der Waals surface area contributed by atoms with Crippen LogP contribution in [0.1, 0.15) is 43.1 Å². The van der Waals surface area contributed by atoms with Gasteiger partial charge in [-0.1, -0.05) is 13.0 Å². The van der Waals surface area contributed by atoms with E-state index in [1.165, 1.54) is 36.9 Å². The molecule has 1 aliphatic heterocycles. The average Bonchev–Trinajstić information content (AvgIpc) is 3.38. The van der Waals surface area contributed by atoms with Crippen LogP contribution in [0.5, 0.6) is 5.88 Å². The zero-order valence-electron chi connectivity index (χ0n) is 18.7. The molecular weight excluding hydrogens is 444 g/mol. The van der Waals surface area contributed by atoms with Crippen molar-refractivity contribution in [2.24, 2.45) is 11.7 Å². The van der Waals surface area contributed by atoms with Crippen molar-refractivity contribution >= 4 is 21.6 Å². The van der Waals surface area contributed by atoms with Crippen LogP contribution in [-0.4, -0.2) is 36.4 Å². The lowest BCUT2D eigenvalue weighted by molar-refractivity contribution is 0.0997. The molecule has 1 unspecified atom stereocenters. The van der Waals surface area contributed by atoms with Gasteiger partial charge in [0.25, 0.3) is 5.91 Å². The SMILES string of the molecule is CC1CN(c2nccc(S(=O)(=O)c3cccc(OCc4ccoc4)n3)c2C(N)=O)C(C)(C)C1. The number of furan rings is 1. The van der Waals surface area contributed by atoms with E-state index in [-0.39, 0.29) is 39.3 Å². The topological polar surface area (TPSA) is 129 Å². The molecule has 0 aliphatic carbocycles. The molecule has 9 nitrogen and oxygen atoms in total. The summed E-state index contributed by atoms with van der Waals surface area (Å²) >= 11 is 0. The summed E-state index contributed by atoms with van der Waals surface area (Å²) in [5.41, 5.74) is 6.03. The number of rotatable bonds is 7. The Morgan fingerprint density at radius 3 is 2.73 bits per heavy atom. The average molecular weight is 471 g/mol. The first-order valence-electron chi connectivity index (χ1n) is 10.5. The number of hydrogen-bond donors (Lipinski definition) is 1. The van der Waals surface area contributed by atoms with E-state index < -0.39 is 15.7 Å². The summed E-state index contributed by atoms with van der Waals surface area (Å²) in [6.07, 6.45) is 5.30. The van der Waals surface area contributed by atoms with Gasteiger partial charge in [0.15, 0.2) is 5.03 Å². The molecule has 2 N–H and O–H groups in total. The van der Waals surface area contributed by atoms with Crippen LogP contribution in [0.2, 0.25) is 0 Å². The van der Waals surface area contributed by atoms with E-state index in [0.717, 1.165) is 12.0 Å². The van der Waals surface area contributed by atoms with Crippen LogP contribution in [0.3, 0.4) is 0 Å². The summed E-state index contributed by atoms with van der Waals surface area (Å²) < 4.78 is 37.7. The van der Waals surface area contributed by atoms with Gasteiger partial charge in [0.2, 0.25) is 15.7 Å². The van der Waals surface area contributed by atoms with E-state index in [2.05, 4.69) is 16.9 Å². The maximum atomic E-state index is 13.5. The Bertz CT molecular complexity index is 1270. The molecule has 33 heavy (non-hydrogen) atoms. The Balaban J connectivity index is 1.74. The third-order valence-corrected chi connectivity index (χ3v) is 7.39. The highest BCUT2D eigenvalue weighted by atomic mass is 32.2. The molecule has 0 bridgehead atoms. The van der Waals surface area contributed by atoms with Gasteiger partial charge >= 0.3 is 0 Å². The van der Waals surface area contributed by atoms with Crippen molar-refractivity contribution in [3.8, 4) is 5.88 Å². The van der Waals surface area contributed by atoms with E-state index in [0.29, 0.717) is 12.5 Å². The van der Waals surface area contributed by atoms with Crippen LogP contribution in [0.25, 0.3) is 0 Å². The highest BCUT2D eigenvalue weighted by Crippen LogP contribution is 2.39. The molecular formula is C23H26N4O5S. The number of carbonyl (C=O) groups is 1. The van der Waals surface area contributed by atoms with Crippen molar-refractivity contribution < 1.29 is 22.4 Å². The molecule has 0 saturated carbocycles. The van der Waals surface area contributed by atoms with Gasteiger partial charge in [-0.05, 0) is 44.4 Å². The van der Waals surface area contributed by atoms with E-state index in [1.54, 1.807) is 12.1 Å². The number of aromatic nitrogens is 2. The van der Waals surface area contributed by atoms with Gasteiger partial charge in [0, 0.05) is 29.9 Å². The Morgan fingerprint density at radius 1 is 1.30 bits per heavy atom. The van der Waals surface area contributed by atoms with E-state index >= 15 is 0 Å². The monoisotopic (exact) mass is 470 g/mol. The molecule has 0 spiro atoms. The van der Waals surface area contributed by atoms with E-state index in [1.807, 2.05) is 18.7 Å². The van der Waals surface area contributed by atoms with Crippen molar-refractivity contribution in [2.75, 3.05) is 11.4 Å². The predicted octanol–water partition coefficient (Wildman–Crippen LogP) is 3.21. The normalized spacial score (nSPS) is 17.8. The second-order valence-electron chi connectivity index (χ2n) is 8.84. The summed E-state index contributed by atoms with van der Waals surface area (Å²) in [5, 5.41) is -0.249. The first-order valence-corrected chi connectivity index (χ1v) is 12.0. The zero-order chi connectivity index (χ0) is 23.8. The maximum absolute atomic E-state index is 13.5. The molecule has 4 heterocycles. The Labute approximate surface area is 192 Å². The molecule has 3 aromatic rings. The second-order valence-corrected chi connectivity index (χ2v) is 10.7. The minimum Gasteiger partial charge on any atom is -0.473 e. The van der Waals surface area contributed by atoms with Crippen molar-refractivity contribution in [3.05, 3.63) is 60.2 Å². The number of primary amides is 1. The molecule has 0 aromatic carbocycles. The number of ether oxygens (including phenoxy) is 1. The van der Waals surface area contributed by atoms with E-state index in [9.17, 15) is 13.2 Å². The molecule has 0 radical (unpaired) electrons. The lowest BCUT2D eigenvalue weighted by atomic mass is 9.97. The van der Waals surface area contributed by atoms with Crippen LogP contribution in [0, 0.1) is 5.92 Å². The number of pyridine rings is 2. The van der Waals surface area contributed by atoms with Crippen molar-refractivity contribution in [1.29, 1.82) is 0 Å². The highest BCUT2D eigenvalue weighted by Gasteiger charge is 2.40. The largest absolute Gasteiger partial charge is 0.473 e. The van der Waals surface area contributed by atoms with Gasteiger partial charge in [0.1, 0.15) is 18.0 Å². The van der Waals surface area contributed by atoms with Gasteiger partial charge in [0.05, 0.1) is 17.4 Å². The molecule has 1 atom stereocenters. The fourth-order valence-electron chi connectivity index (χ4n) is 4.32. The number of amides is 1. The van der Waals surface area contributed by atoms with Crippen LogP contribution >= 0.6 is 0 Å². The fraction of sp³-hybridized carbons (Fsp3) is 0.348. The minimum atomic E-state index is -4.19. The predicted molar refractivity (Wildman–Crippen MR) is 121 cm³/mol. The van der Waals surface area contributed by atoms with E-state index in [4.69, 9.17) is 14.9 Å². The summed E-state index contributed by atoms with van der Waals surface area (Å²) in [5.74, 6) is -0.111. The number of sulfone groups is 1. The summed E-state index contributed by atoms with van der Waals surface area (Å²) in [6, 6.07) is 7.46. The first kappa shape index (κ1) is 22.8. The fourth-order valence-corrected chi connectivity index (χ4v) is 5.72. The zero-order valence-corrected chi connectivity index (χ0v) is 19.5. The number of nitrogens with zero attached hydrogens (tertiary/aromatic N) is 3. The van der Waals surface area contributed by atoms with Crippen molar-refractivity contribution in [1.82, 2.24) is 9.97 Å². The molecule has 174 valence electrons. The van der Waals surface area contributed by atoms with Crippen LogP contribution < -0.4 is 15.4 Å². The van der Waals surface area contributed by atoms with Crippen molar-refractivity contribution in [2.45, 2.75) is 49.3 Å². The van der Waals surface area contributed by atoms with Gasteiger partial charge in [-0.3, -0.25) is 4.79 Å². The molecule has 4 rings (SSSR count). The quantitative estimate of drug-likeness (QED) is 0.557. The van der Waals surface area contributed by atoms with Gasteiger partial charge in [-0.2, -0.15) is 0 Å². The molecule has 1 aliphatic rings. The highest BCUT2D eigenvalue weighted by molar-refractivity contribution is 7.91. The first-order chi connectivity index (χ1) is 15.6.